The molecule has 0 spiro atoms. The summed E-state index contributed by atoms with van der Waals surface area (Å²) in [4.78, 5) is 29.5. The van der Waals surface area contributed by atoms with Crippen LogP contribution in [-0.4, -0.2) is 21.2 Å². The maximum absolute atomic E-state index is 12.9. The average Bonchev–Trinajstić information content (AvgIpc) is 3.17. The van der Waals surface area contributed by atoms with Gasteiger partial charge in [0.25, 0.3) is 5.56 Å². The molecule has 7 heteroatoms. The van der Waals surface area contributed by atoms with Crippen LogP contribution in [0.4, 0.5) is 10.1 Å². The van der Waals surface area contributed by atoms with Crippen LogP contribution in [0.3, 0.4) is 0 Å². The Labute approximate surface area is 142 Å². The molecule has 1 aliphatic carbocycles. The summed E-state index contributed by atoms with van der Waals surface area (Å²) < 4.78 is 14.6. The molecule has 1 unspecified atom stereocenters. The standard InChI is InChI=1S/C17H16FN3O2S/c18-10-4-6-11(7-5-10)19-15(22)8-12-9-24-17-20-14-3-1-2-13(14)16(23)21(12)17/h4-7,12H,1-3,8-9H2,(H,19,22). The van der Waals surface area contributed by atoms with E-state index in [-0.39, 0.29) is 29.7 Å². The number of nitrogens with one attached hydrogen (secondary N) is 1. The molecule has 1 aliphatic heterocycles. The molecule has 0 bridgehead atoms. The Kier molecular flexibility index (Phi) is 3.88. The molecular formula is C17H16FN3O2S. The first kappa shape index (κ1) is 15.4. The zero-order valence-corrected chi connectivity index (χ0v) is 13.7. The molecule has 1 aromatic heterocycles. The van der Waals surface area contributed by atoms with E-state index in [0.717, 1.165) is 35.7 Å². The predicted molar refractivity (Wildman–Crippen MR) is 89.9 cm³/mol. The SMILES string of the molecule is O=C(CC1CSc2nc3c(c(=O)n21)CCC3)Nc1ccc(F)cc1. The number of fused-ring (bicyclic) bond motifs is 2. The number of aryl methyl sites for hydroxylation is 1. The van der Waals surface area contributed by atoms with Gasteiger partial charge in [-0.25, -0.2) is 9.37 Å². The smallest absolute Gasteiger partial charge is 0.257 e. The van der Waals surface area contributed by atoms with E-state index in [2.05, 4.69) is 10.3 Å². The minimum absolute atomic E-state index is 0.0112. The van der Waals surface area contributed by atoms with Crippen molar-refractivity contribution in [1.82, 2.24) is 9.55 Å². The zero-order valence-electron chi connectivity index (χ0n) is 12.9. The fourth-order valence-electron chi connectivity index (χ4n) is 3.26. The van der Waals surface area contributed by atoms with Crippen molar-refractivity contribution >= 4 is 23.4 Å². The molecule has 24 heavy (non-hydrogen) atoms. The molecular weight excluding hydrogens is 329 g/mol. The minimum Gasteiger partial charge on any atom is -0.326 e. The number of aromatic nitrogens is 2. The average molecular weight is 345 g/mol. The maximum atomic E-state index is 12.9. The molecule has 1 aromatic carbocycles. The molecule has 1 N–H and O–H groups in total. The fraction of sp³-hybridized carbons (Fsp3) is 0.353. The van der Waals surface area contributed by atoms with Gasteiger partial charge in [0, 0.05) is 23.4 Å². The number of nitrogens with zero attached hydrogens (tertiary/aromatic N) is 2. The molecule has 4 rings (SSSR count). The van der Waals surface area contributed by atoms with Crippen LogP contribution in [0.2, 0.25) is 0 Å². The van der Waals surface area contributed by atoms with Gasteiger partial charge in [-0.15, -0.1) is 0 Å². The van der Waals surface area contributed by atoms with E-state index in [1.54, 1.807) is 4.57 Å². The van der Waals surface area contributed by atoms with Gasteiger partial charge in [-0.05, 0) is 43.5 Å². The van der Waals surface area contributed by atoms with Gasteiger partial charge in [-0.3, -0.25) is 14.2 Å². The van der Waals surface area contributed by atoms with E-state index in [0.29, 0.717) is 11.4 Å². The van der Waals surface area contributed by atoms with Crippen molar-refractivity contribution in [3.05, 3.63) is 51.7 Å². The van der Waals surface area contributed by atoms with Crippen LogP contribution in [0, 0.1) is 5.82 Å². The third-order valence-corrected chi connectivity index (χ3v) is 5.52. The Bertz CT molecular complexity index is 863. The van der Waals surface area contributed by atoms with Crippen LogP contribution in [0.1, 0.15) is 30.1 Å². The van der Waals surface area contributed by atoms with Crippen molar-refractivity contribution in [2.24, 2.45) is 0 Å². The second-order valence-corrected chi connectivity index (χ2v) is 7.06. The number of hydrogen-bond acceptors (Lipinski definition) is 4. The largest absolute Gasteiger partial charge is 0.326 e. The maximum Gasteiger partial charge on any atom is 0.257 e. The minimum atomic E-state index is -0.347. The van der Waals surface area contributed by atoms with E-state index >= 15 is 0 Å². The van der Waals surface area contributed by atoms with E-state index < -0.39 is 0 Å². The normalized spacial score (nSPS) is 18.3. The molecule has 2 aliphatic rings. The third kappa shape index (κ3) is 2.73. The van der Waals surface area contributed by atoms with Gasteiger partial charge in [0.05, 0.1) is 11.7 Å². The highest BCUT2D eigenvalue weighted by Crippen LogP contribution is 2.34. The van der Waals surface area contributed by atoms with Crippen LogP contribution in [0.15, 0.2) is 34.2 Å². The number of amides is 1. The molecule has 2 heterocycles. The second kappa shape index (κ2) is 6.05. The van der Waals surface area contributed by atoms with Gasteiger partial charge >= 0.3 is 0 Å². The van der Waals surface area contributed by atoms with Gasteiger partial charge in [0.15, 0.2) is 5.16 Å². The molecule has 1 amide bonds. The first-order valence-electron chi connectivity index (χ1n) is 7.94. The number of rotatable bonds is 3. The monoisotopic (exact) mass is 345 g/mol. The second-order valence-electron chi connectivity index (χ2n) is 6.07. The van der Waals surface area contributed by atoms with Crippen LogP contribution in [0.25, 0.3) is 0 Å². The summed E-state index contributed by atoms with van der Waals surface area (Å²) in [6.07, 6.45) is 2.83. The number of carbonyl (C=O) groups is 1. The fourth-order valence-corrected chi connectivity index (χ4v) is 4.42. The lowest BCUT2D eigenvalue weighted by Crippen LogP contribution is -2.30. The molecule has 0 saturated carbocycles. The first-order chi connectivity index (χ1) is 11.6. The molecule has 5 nitrogen and oxygen atoms in total. The van der Waals surface area contributed by atoms with E-state index in [1.165, 1.54) is 36.0 Å². The van der Waals surface area contributed by atoms with Gasteiger partial charge in [-0.1, -0.05) is 11.8 Å². The lowest BCUT2D eigenvalue weighted by Gasteiger charge is -2.14. The van der Waals surface area contributed by atoms with E-state index in [1.807, 2.05) is 0 Å². The number of anilines is 1. The summed E-state index contributed by atoms with van der Waals surface area (Å²) >= 11 is 1.53. The third-order valence-electron chi connectivity index (χ3n) is 4.42. The Morgan fingerprint density at radius 1 is 1.33 bits per heavy atom. The number of carbonyl (C=O) groups excluding carboxylic acids is 1. The van der Waals surface area contributed by atoms with Crippen molar-refractivity contribution in [3.63, 3.8) is 0 Å². The van der Waals surface area contributed by atoms with Crippen molar-refractivity contribution in [1.29, 1.82) is 0 Å². The quantitative estimate of drug-likeness (QED) is 0.869. The summed E-state index contributed by atoms with van der Waals surface area (Å²) in [5.74, 6) is 0.134. The van der Waals surface area contributed by atoms with Gasteiger partial charge in [0.1, 0.15) is 5.82 Å². The Morgan fingerprint density at radius 2 is 2.12 bits per heavy atom. The Morgan fingerprint density at radius 3 is 2.92 bits per heavy atom. The van der Waals surface area contributed by atoms with Gasteiger partial charge in [0.2, 0.25) is 5.91 Å². The highest BCUT2D eigenvalue weighted by atomic mass is 32.2. The van der Waals surface area contributed by atoms with Crippen molar-refractivity contribution in [2.45, 2.75) is 36.9 Å². The molecule has 0 saturated heterocycles. The molecule has 124 valence electrons. The lowest BCUT2D eigenvalue weighted by molar-refractivity contribution is -0.116. The lowest BCUT2D eigenvalue weighted by atomic mass is 10.2. The number of benzene rings is 1. The van der Waals surface area contributed by atoms with Crippen LogP contribution >= 0.6 is 11.8 Å². The number of thioether (sulfide) groups is 1. The summed E-state index contributed by atoms with van der Waals surface area (Å²) in [6.45, 7) is 0. The predicted octanol–water partition coefficient (Wildman–Crippen LogP) is 2.55. The molecule has 1 atom stereocenters. The first-order valence-corrected chi connectivity index (χ1v) is 8.93. The van der Waals surface area contributed by atoms with E-state index in [9.17, 15) is 14.0 Å². The Balaban J connectivity index is 1.52. The molecule has 2 aromatic rings. The highest BCUT2D eigenvalue weighted by molar-refractivity contribution is 7.99. The van der Waals surface area contributed by atoms with Crippen LogP contribution < -0.4 is 10.9 Å². The van der Waals surface area contributed by atoms with Crippen LogP contribution in [-0.2, 0) is 17.6 Å². The van der Waals surface area contributed by atoms with Gasteiger partial charge in [-0.2, -0.15) is 0 Å². The number of hydrogen-bond donors (Lipinski definition) is 1. The summed E-state index contributed by atoms with van der Waals surface area (Å²) in [7, 11) is 0. The summed E-state index contributed by atoms with van der Waals surface area (Å²) in [5, 5.41) is 3.47. The Hall–Kier alpha value is -2.15. The topological polar surface area (TPSA) is 64.0 Å². The van der Waals surface area contributed by atoms with Crippen molar-refractivity contribution in [3.8, 4) is 0 Å². The summed E-state index contributed by atoms with van der Waals surface area (Å²) in [6, 6.07) is 5.45. The molecule has 0 radical (unpaired) electrons. The van der Waals surface area contributed by atoms with Crippen LogP contribution in [0.5, 0.6) is 0 Å². The van der Waals surface area contributed by atoms with Crippen molar-refractivity contribution < 1.29 is 9.18 Å². The highest BCUT2D eigenvalue weighted by Gasteiger charge is 2.31. The van der Waals surface area contributed by atoms with Crippen molar-refractivity contribution in [2.75, 3.05) is 11.1 Å². The summed E-state index contributed by atoms with van der Waals surface area (Å²) in [5.41, 5.74) is 2.30. The number of halogens is 1. The zero-order chi connectivity index (χ0) is 16.7. The molecule has 0 fully saturated rings. The van der Waals surface area contributed by atoms with E-state index in [4.69, 9.17) is 0 Å². The van der Waals surface area contributed by atoms with Gasteiger partial charge < -0.3 is 5.32 Å².